The van der Waals surface area contributed by atoms with E-state index in [9.17, 15) is 23.7 Å². The number of rotatable bonds is 8. The number of piperidine rings is 1. The van der Waals surface area contributed by atoms with Gasteiger partial charge in [-0.1, -0.05) is 18.2 Å². The minimum absolute atomic E-state index is 0.0219. The molecule has 2 N–H and O–H groups in total. The molecule has 0 aliphatic carbocycles. The Morgan fingerprint density at radius 1 is 1.13 bits per heavy atom. The van der Waals surface area contributed by atoms with Crippen molar-refractivity contribution in [2.75, 3.05) is 25.0 Å². The number of nitrogens with zero attached hydrogens (tertiary/aromatic N) is 2. The van der Waals surface area contributed by atoms with Crippen LogP contribution >= 0.6 is 0 Å². The summed E-state index contributed by atoms with van der Waals surface area (Å²) in [5, 5.41) is 16.9. The van der Waals surface area contributed by atoms with Gasteiger partial charge in [-0.3, -0.25) is 19.8 Å². The molecule has 0 spiro atoms. The second kappa shape index (κ2) is 10.1. The Labute approximate surface area is 173 Å². The Balaban J connectivity index is 1.38. The molecule has 1 aliphatic rings. The highest BCUT2D eigenvalue weighted by molar-refractivity contribution is 5.77. The first-order valence-electron chi connectivity index (χ1n) is 9.85. The predicted molar refractivity (Wildman–Crippen MR) is 109 cm³/mol. The minimum atomic E-state index is -0.850. The lowest BCUT2D eigenvalue weighted by molar-refractivity contribution is -0.384. The SMILES string of the molecule is O=C(CCNc1ccccc1[N+](=O)[O-])NC1CCN(Cc2ccc(F)c(F)c2)CC1. The van der Waals surface area contributed by atoms with Crippen molar-refractivity contribution in [3.05, 3.63) is 69.8 Å². The molecule has 30 heavy (non-hydrogen) atoms. The number of halogens is 2. The number of benzene rings is 2. The summed E-state index contributed by atoms with van der Waals surface area (Å²) in [6.07, 6.45) is 1.75. The lowest BCUT2D eigenvalue weighted by Crippen LogP contribution is -2.44. The van der Waals surface area contributed by atoms with Crippen molar-refractivity contribution in [1.29, 1.82) is 0 Å². The fourth-order valence-corrected chi connectivity index (χ4v) is 3.52. The van der Waals surface area contributed by atoms with Crippen molar-refractivity contribution >= 4 is 17.3 Å². The van der Waals surface area contributed by atoms with E-state index in [1.165, 1.54) is 12.1 Å². The van der Waals surface area contributed by atoms with E-state index in [1.807, 2.05) is 0 Å². The number of nitro benzene ring substituents is 1. The van der Waals surface area contributed by atoms with Gasteiger partial charge in [0.05, 0.1) is 4.92 Å². The number of carbonyl (C=O) groups is 1. The number of hydrogen-bond donors (Lipinski definition) is 2. The molecule has 0 radical (unpaired) electrons. The van der Waals surface area contributed by atoms with E-state index >= 15 is 0 Å². The van der Waals surface area contributed by atoms with Crippen LogP contribution in [0.15, 0.2) is 42.5 Å². The van der Waals surface area contributed by atoms with Crippen LogP contribution < -0.4 is 10.6 Å². The van der Waals surface area contributed by atoms with E-state index in [4.69, 9.17) is 0 Å². The summed E-state index contributed by atoms with van der Waals surface area (Å²) in [5.41, 5.74) is 1.09. The molecule has 1 aliphatic heterocycles. The Hall–Kier alpha value is -3.07. The van der Waals surface area contributed by atoms with Gasteiger partial charge in [0, 0.05) is 44.7 Å². The normalized spacial score (nSPS) is 15.0. The third-order valence-electron chi connectivity index (χ3n) is 5.11. The first-order valence-corrected chi connectivity index (χ1v) is 9.85. The van der Waals surface area contributed by atoms with Crippen LogP contribution in [0.2, 0.25) is 0 Å². The highest BCUT2D eigenvalue weighted by Gasteiger charge is 2.21. The molecule has 1 fully saturated rings. The molecule has 9 heteroatoms. The Bertz CT molecular complexity index is 902. The molecular formula is C21H24F2N4O3. The average molecular weight is 418 g/mol. The van der Waals surface area contributed by atoms with E-state index in [0.717, 1.165) is 37.6 Å². The highest BCUT2D eigenvalue weighted by atomic mass is 19.2. The topological polar surface area (TPSA) is 87.5 Å². The van der Waals surface area contributed by atoms with Crippen LogP contribution in [0.3, 0.4) is 0 Å². The van der Waals surface area contributed by atoms with E-state index in [1.54, 1.807) is 24.3 Å². The second-order valence-corrected chi connectivity index (χ2v) is 7.32. The van der Waals surface area contributed by atoms with Gasteiger partial charge in [-0.05, 0) is 36.6 Å². The van der Waals surface area contributed by atoms with Gasteiger partial charge in [0.2, 0.25) is 5.91 Å². The zero-order valence-corrected chi connectivity index (χ0v) is 16.4. The van der Waals surface area contributed by atoms with Crippen molar-refractivity contribution in [2.24, 2.45) is 0 Å². The fourth-order valence-electron chi connectivity index (χ4n) is 3.52. The summed E-state index contributed by atoms with van der Waals surface area (Å²) >= 11 is 0. The van der Waals surface area contributed by atoms with Crippen molar-refractivity contribution in [3.63, 3.8) is 0 Å². The van der Waals surface area contributed by atoms with Crippen molar-refractivity contribution in [1.82, 2.24) is 10.2 Å². The van der Waals surface area contributed by atoms with Gasteiger partial charge < -0.3 is 10.6 Å². The van der Waals surface area contributed by atoms with Crippen LogP contribution in [0.25, 0.3) is 0 Å². The molecule has 0 bridgehead atoms. The summed E-state index contributed by atoms with van der Waals surface area (Å²) in [6, 6.07) is 10.3. The maximum Gasteiger partial charge on any atom is 0.292 e. The average Bonchev–Trinajstić information content (AvgIpc) is 2.72. The molecule has 0 unspecified atom stereocenters. The van der Waals surface area contributed by atoms with Gasteiger partial charge in [-0.2, -0.15) is 0 Å². The predicted octanol–water partition coefficient (Wildman–Crippen LogP) is 3.46. The van der Waals surface area contributed by atoms with Crippen LogP contribution in [0.4, 0.5) is 20.2 Å². The van der Waals surface area contributed by atoms with Crippen LogP contribution in [-0.2, 0) is 11.3 Å². The molecule has 7 nitrogen and oxygen atoms in total. The highest BCUT2D eigenvalue weighted by Crippen LogP contribution is 2.23. The van der Waals surface area contributed by atoms with Crippen molar-refractivity contribution in [2.45, 2.75) is 31.8 Å². The molecule has 3 rings (SSSR count). The fraction of sp³-hybridized carbons (Fsp3) is 0.381. The Morgan fingerprint density at radius 3 is 2.57 bits per heavy atom. The number of amides is 1. The van der Waals surface area contributed by atoms with Crippen LogP contribution in [0, 0.1) is 21.7 Å². The van der Waals surface area contributed by atoms with Gasteiger partial charge in [-0.15, -0.1) is 0 Å². The summed E-state index contributed by atoms with van der Waals surface area (Å²) in [5.74, 6) is -1.80. The van der Waals surface area contributed by atoms with Gasteiger partial charge in [0.1, 0.15) is 5.69 Å². The maximum absolute atomic E-state index is 13.3. The Morgan fingerprint density at radius 2 is 1.87 bits per heavy atom. The molecule has 0 aromatic heterocycles. The van der Waals surface area contributed by atoms with E-state index in [-0.39, 0.29) is 24.1 Å². The molecule has 1 heterocycles. The molecule has 1 amide bonds. The van der Waals surface area contributed by atoms with Gasteiger partial charge in [-0.25, -0.2) is 8.78 Å². The first kappa shape index (κ1) is 21.6. The summed E-state index contributed by atoms with van der Waals surface area (Å²) < 4.78 is 26.4. The second-order valence-electron chi connectivity index (χ2n) is 7.32. The van der Waals surface area contributed by atoms with E-state index in [0.29, 0.717) is 18.8 Å². The number of nitro groups is 1. The zero-order chi connectivity index (χ0) is 21.5. The van der Waals surface area contributed by atoms with E-state index in [2.05, 4.69) is 15.5 Å². The van der Waals surface area contributed by atoms with Crippen molar-refractivity contribution < 1.29 is 18.5 Å². The quantitative estimate of drug-likeness (QED) is 0.506. The summed E-state index contributed by atoms with van der Waals surface area (Å²) in [6.45, 7) is 2.33. The minimum Gasteiger partial charge on any atom is -0.379 e. The smallest absolute Gasteiger partial charge is 0.292 e. The Kier molecular flexibility index (Phi) is 7.29. The maximum atomic E-state index is 13.3. The molecular weight excluding hydrogens is 394 g/mol. The number of likely N-dealkylation sites (tertiary alicyclic amines) is 1. The number of carbonyl (C=O) groups excluding carboxylic acids is 1. The molecule has 0 atom stereocenters. The molecule has 2 aromatic carbocycles. The summed E-state index contributed by atoms with van der Waals surface area (Å²) in [4.78, 5) is 24.9. The van der Waals surface area contributed by atoms with Gasteiger partial charge in [0.15, 0.2) is 11.6 Å². The van der Waals surface area contributed by atoms with Crippen molar-refractivity contribution in [3.8, 4) is 0 Å². The third-order valence-corrected chi connectivity index (χ3v) is 5.11. The lowest BCUT2D eigenvalue weighted by Gasteiger charge is -2.32. The number of hydrogen-bond acceptors (Lipinski definition) is 5. The van der Waals surface area contributed by atoms with Gasteiger partial charge >= 0.3 is 0 Å². The molecule has 2 aromatic rings. The van der Waals surface area contributed by atoms with Crippen LogP contribution in [0.5, 0.6) is 0 Å². The largest absolute Gasteiger partial charge is 0.379 e. The number of para-hydroxylation sites is 2. The van der Waals surface area contributed by atoms with Gasteiger partial charge in [0.25, 0.3) is 5.69 Å². The number of nitrogens with one attached hydrogen (secondary N) is 2. The number of anilines is 1. The summed E-state index contributed by atoms with van der Waals surface area (Å²) in [7, 11) is 0. The third kappa shape index (κ3) is 5.96. The molecule has 160 valence electrons. The van der Waals surface area contributed by atoms with Crippen LogP contribution in [-0.4, -0.2) is 41.4 Å². The molecule has 0 saturated carbocycles. The van der Waals surface area contributed by atoms with E-state index < -0.39 is 16.6 Å². The monoisotopic (exact) mass is 418 g/mol. The standard InChI is InChI=1S/C21H24F2N4O3/c22-17-6-5-15(13-18(17)23)14-26-11-8-16(9-12-26)25-21(28)7-10-24-19-3-1-2-4-20(19)27(29)30/h1-6,13,16,24H,7-12,14H2,(H,25,28). The van der Waals surface area contributed by atoms with Crippen LogP contribution in [0.1, 0.15) is 24.8 Å². The molecule has 1 saturated heterocycles. The zero-order valence-electron chi connectivity index (χ0n) is 16.4. The first-order chi connectivity index (χ1) is 14.4. The lowest BCUT2D eigenvalue weighted by atomic mass is 10.0.